The fourth-order valence-electron chi connectivity index (χ4n) is 3.74. The van der Waals surface area contributed by atoms with Crippen LogP contribution in [0, 0.1) is 20.8 Å². The highest BCUT2D eigenvalue weighted by molar-refractivity contribution is 7.89. The van der Waals surface area contributed by atoms with Crippen molar-refractivity contribution in [3.63, 3.8) is 0 Å². The van der Waals surface area contributed by atoms with Crippen LogP contribution in [-0.2, 0) is 23.0 Å². The zero-order valence-corrected chi connectivity index (χ0v) is 16.6. The summed E-state index contributed by atoms with van der Waals surface area (Å²) in [6.45, 7) is 6.52. The van der Waals surface area contributed by atoms with Crippen molar-refractivity contribution in [2.75, 3.05) is 6.54 Å². The maximum atomic E-state index is 13.4. The summed E-state index contributed by atoms with van der Waals surface area (Å²) in [7, 11) is -3.61. The molecule has 4 rings (SSSR count). The third-order valence-electron chi connectivity index (χ3n) is 5.20. The molecule has 6 heteroatoms. The molecule has 0 radical (unpaired) electrons. The highest BCUT2D eigenvalue weighted by Gasteiger charge is 2.33. The molecule has 0 atom stereocenters. The Morgan fingerprint density at radius 3 is 2.30 bits per heavy atom. The summed E-state index contributed by atoms with van der Waals surface area (Å²) in [6, 6.07) is 16.0. The first kappa shape index (κ1) is 17.9. The molecule has 0 saturated carbocycles. The minimum atomic E-state index is -3.61. The lowest BCUT2D eigenvalue weighted by Gasteiger charge is -2.28. The first-order valence-electron chi connectivity index (χ1n) is 9.08. The van der Waals surface area contributed by atoms with Crippen molar-refractivity contribution in [2.45, 2.75) is 38.6 Å². The molecule has 5 nitrogen and oxygen atoms in total. The van der Waals surface area contributed by atoms with Crippen LogP contribution in [0.5, 0.6) is 0 Å². The van der Waals surface area contributed by atoms with E-state index in [1.165, 1.54) is 5.56 Å². The van der Waals surface area contributed by atoms with Crippen molar-refractivity contribution in [1.82, 2.24) is 14.1 Å². The Labute approximate surface area is 160 Å². The third-order valence-corrected chi connectivity index (χ3v) is 7.30. The van der Waals surface area contributed by atoms with Crippen LogP contribution in [0.25, 0.3) is 5.69 Å². The van der Waals surface area contributed by atoms with Gasteiger partial charge >= 0.3 is 0 Å². The number of fused-ring (bicyclic) bond motifs is 1. The van der Waals surface area contributed by atoms with Gasteiger partial charge < -0.3 is 0 Å². The summed E-state index contributed by atoms with van der Waals surface area (Å²) in [5.41, 5.74) is 5.51. The van der Waals surface area contributed by atoms with E-state index < -0.39 is 10.0 Å². The summed E-state index contributed by atoms with van der Waals surface area (Å²) in [6.07, 6.45) is 0.736. The average molecular weight is 382 g/mol. The van der Waals surface area contributed by atoms with E-state index in [4.69, 9.17) is 0 Å². The van der Waals surface area contributed by atoms with Gasteiger partial charge in [-0.1, -0.05) is 42.0 Å². The molecule has 0 spiro atoms. The van der Waals surface area contributed by atoms with Crippen molar-refractivity contribution in [3.8, 4) is 5.69 Å². The second-order valence-electron chi connectivity index (χ2n) is 7.10. The maximum absolute atomic E-state index is 13.4. The molecule has 3 aromatic rings. The predicted octanol–water partition coefficient (Wildman–Crippen LogP) is 3.54. The molecular weight excluding hydrogens is 358 g/mol. The number of hydrogen-bond acceptors (Lipinski definition) is 3. The molecule has 0 bridgehead atoms. The Morgan fingerprint density at radius 2 is 1.59 bits per heavy atom. The third kappa shape index (κ3) is 3.09. The lowest BCUT2D eigenvalue weighted by molar-refractivity contribution is 0.391. The van der Waals surface area contributed by atoms with Gasteiger partial charge in [0.05, 0.1) is 17.1 Å². The molecule has 1 aliphatic rings. The standard InChI is InChI=1S/C21H23N3O2S/c1-15-8-10-20(11-9-15)24-17(3)21(16(2)22-24)27(25,26)23-13-12-18-6-4-5-7-19(18)14-23/h4-11H,12-14H2,1-3H3. The number of aromatic nitrogens is 2. The highest BCUT2D eigenvalue weighted by atomic mass is 32.2. The molecule has 1 aromatic heterocycles. The van der Waals surface area contributed by atoms with Gasteiger partial charge in [-0.05, 0) is 50.5 Å². The van der Waals surface area contributed by atoms with Gasteiger partial charge in [0.2, 0.25) is 10.0 Å². The minimum absolute atomic E-state index is 0.322. The summed E-state index contributed by atoms with van der Waals surface area (Å²) in [5, 5.41) is 4.53. The first-order chi connectivity index (χ1) is 12.9. The summed E-state index contributed by atoms with van der Waals surface area (Å²) in [5.74, 6) is 0. The molecule has 0 unspecified atom stereocenters. The van der Waals surface area contributed by atoms with Crippen molar-refractivity contribution in [3.05, 3.63) is 76.6 Å². The number of nitrogens with zero attached hydrogens (tertiary/aromatic N) is 3. The van der Waals surface area contributed by atoms with Crippen molar-refractivity contribution in [1.29, 1.82) is 0 Å². The van der Waals surface area contributed by atoms with Crippen molar-refractivity contribution >= 4 is 10.0 Å². The molecule has 2 heterocycles. The number of rotatable bonds is 3. The van der Waals surface area contributed by atoms with Crippen LogP contribution in [0.4, 0.5) is 0 Å². The molecule has 0 fully saturated rings. The minimum Gasteiger partial charge on any atom is -0.236 e. The lowest BCUT2D eigenvalue weighted by Crippen LogP contribution is -2.36. The Kier molecular flexibility index (Phi) is 4.40. The zero-order chi connectivity index (χ0) is 19.2. The smallest absolute Gasteiger partial charge is 0.236 e. The van der Waals surface area contributed by atoms with E-state index >= 15 is 0 Å². The number of benzene rings is 2. The molecule has 0 aliphatic carbocycles. The Morgan fingerprint density at radius 1 is 0.926 bits per heavy atom. The van der Waals surface area contributed by atoms with Crippen LogP contribution < -0.4 is 0 Å². The highest BCUT2D eigenvalue weighted by Crippen LogP contribution is 2.29. The van der Waals surface area contributed by atoms with Crippen LogP contribution in [0.2, 0.25) is 0 Å². The number of aryl methyl sites for hydroxylation is 2. The van der Waals surface area contributed by atoms with Crippen LogP contribution in [0.3, 0.4) is 0 Å². The quantitative estimate of drug-likeness (QED) is 0.697. The van der Waals surface area contributed by atoms with Gasteiger partial charge in [-0.25, -0.2) is 13.1 Å². The van der Waals surface area contributed by atoms with E-state index in [0.717, 1.165) is 23.2 Å². The van der Waals surface area contributed by atoms with E-state index in [1.54, 1.807) is 15.9 Å². The Balaban J connectivity index is 1.74. The number of hydrogen-bond donors (Lipinski definition) is 0. The Hall–Kier alpha value is -2.44. The SMILES string of the molecule is Cc1ccc(-n2nc(C)c(S(=O)(=O)N3CCc4ccccc4C3)c2C)cc1. The zero-order valence-electron chi connectivity index (χ0n) is 15.8. The topological polar surface area (TPSA) is 55.2 Å². The fraction of sp³-hybridized carbons (Fsp3) is 0.286. The van der Waals surface area contributed by atoms with Gasteiger partial charge in [0.15, 0.2) is 0 Å². The molecule has 0 saturated heterocycles. The average Bonchev–Trinajstić information content (AvgIpc) is 2.96. The summed E-state index contributed by atoms with van der Waals surface area (Å²) >= 11 is 0. The lowest BCUT2D eigenvalue weighted by atomic mass is 10.0. The van der Waals surface area contributed by atoms with Crippen molar-refractivity contribution < 1.29 is 8.42 Å². The normalized spacial score (nSPS) is 14.9. The van der Waals surface area contributed by atoms with E-state index in [0.29, 0.717) is 29.4 Å². The van der Waals surface area contributed by atoms with Gasteiger partial charge in [-0.2, -0.15) is 9.40 Å². The van der Waals surface area contributed by atoms with Crippen LogP contribution in [0.1, 0.15) is 28.1 Å². The van der Waals surface area contributed by atoms with E-state index in [2.05, 4.69) is 11.2 Å². The molecular formula is C21H23N3O2S. The second-order valence-corrected chi connectivity index (χ2v) is 8.98. The van der Waals surface area contributed by atoms with Gasteiger partial charge in [0, 0.05) is 13.1 Å². The molecule has 27 heavy (non-hydrogen) atoms. The molecule has 1 aliphatic heterocycles. The van der Waals surface area contributed by atoms with Gasteiger partial charge in [0.1, 0.15) is 4.90 Å². The predicted molar refractivity (Wildman–Crippen MR) is 106 cm³/mol. The molecule has 0 amide bonds. The first-order valence-corrected chi connectivity index (χ1v) is 10.5. The number of sulfonamides is 1. The van der Waals surface area contributed by atoms with Crippen molar-refractivity contribution in [2.24, 2.45) is 0 Å². The summed E-state index contributed by atoms with van der Waals surface area (Å²) < 4.78 is 30.1. The monoisotopic (exact) mass is 381 g/mol. The Bertz CT molecular complexity index is 1100. The molecule has 0 N–H and O–H groups in total. The van der Waals surface area contributed by atoms with Crippen LogP contribution in [0.15, 0.2) is 53.4 Å². The summed E-state index contributed by atoms with van der Waals surface area (Å²) in [4.78, 5) is 0.322. The van der Waals surface area contributed by atoms with Gasteiger partial charge in [0.25, 0.3) is 0 Å². The van der Waals surface area contributed by atoms with E-state index in [9.17, 15) is 8.42 Å². The fourth-order valence-corrected chi connectivity index (χ4v) is 5.52. The largest absolute Gasteiger partial charge is 0.247 e. The maximum Gasteiger partial charge on any atom is 0.247 e. The molecule has 2 aromatic carbocycles. The van der Waals surface area contributed by atoms with Gasteiger partial charge in [-0.3, -0.25) is 0 Å². The second kappa shape index (κ2) is 6.62. The van der Waals surface area contributed by atoms with Crippen LogP contribution >= 0.6 is 0 Å². The van der Waals surface area contributed by atoms with Gasteiger partial charge in [-0.15, -0.1) is 0 Å². The van der Waals surface area contributed by atoms with E-state index in [-0.39, 0.29) is 0 Å². The van der Waals surface area contributed by atoms with E-state index in [1.807, 2.05) is 56.3 Å². The molecule has 140 valence electrons. The van der Waals surface area contributed by atoms with Crippen LogP contribution in [-0.4, -0.2) is 29.0 Å².